The Morgan fingerprint density at radius 2 is 0.844 bits per heavy atom. The zero-order valence-electron chi connectivity index (χ0n) is 19.6. The average molecular weight is 443 g/mol. The second-order valence-corrected chi connectivity index (χ2v) is 8.89. The number of rotatable bonds is 9. The first-order chi connectivity index (χ1) is 14.8. The Labute approximate surface area is 189 Å². The Hall–Kier alpha value is -2.38. The number of Topliss-reactive ketones (excluding diaryl/α,β-unsaturated/α-hetero) is 2. The molecule has 32 heavy (non-hydrogen) atoms. The summed E-state index contributed by atoms with van der Waals surface area (Å²) in [6.07, 6.45) is -7.05. The number of carbonyl (C=O) groups is 2. The molecular formula is C26H34O6. The fourth-order valence-electron chi connectivity index (χ4n) is 3.80. The minimum absolute atomic E-state index is 0.0202. The molecule has 0 aromatic heterocycles. The summed E-state index contributed by atoms with van der Waals surface area (Å²) < 4.78 is 0. The van der Waals surface area contributed by atoms with Crippen molar-refractivity contribution in [1.29, 1.82) is 0 Å². The summed E-state index contributed by atoms with van der Waals surface area (Å²) in [6.45, 7) is 11.5. The number of benzene rings is 2. The smallest absolute Gasteiger partial charge is 0.232 e. The minimum atomic E-state index is -1.99. The zero-order valence-corrected chi connectivity index (χ0v) is 19.6. The molecule has 4 atom stereocenters. The first kappa shape index (κ1) is 25.9. The molecule has 2 aromatic rings. The molecule has 0 saturated carbocycles. The van der Waals surface area contributed by atoms with E-state index in [0.717, 1.165) is 44.5 Å². The van der Waals surface area contributed by atoms with Crippen molar-refractivity contribution in [1.82, 2.24) is 0 Å². The van der Waals surface area contributed by atoms with E-state index in [9.17, 15) is 30.0 Å². The van der Waals surface area contributed by atoms with Gasteiger partial charge in [-0.1, -0.05) is 24.3 Å². The van der Waals surface area contributed by atoms with Crippen LogP contribution < -0.4 is 0 Å². The summed E-state index contributed by atoms with van der Waals surface area (Å²) in [5.41, 5.74) is 7.50. The van der Waals surface area contributed by atoms with Crippen LogP contribution in [0.1, 0.15) is 44.5 Å². The minimum Gasteiger partial charge on any atom is -0.390 e. The lowest BCUT2D eigenvalue weighted by Gasteiger charge is -2.21. The van der Waals surface area contributed by atoms with Crippen molar-refractivity contribution < 1.29 is 30.0 Å². The fraction of sp³-hybridized carbons (Fsp3) is 0.462. The highest BCUT2D eigenvalue weighted by molar-refractivity contribution is 6.40. The van der Waals surface area contributed by atoms with E-state index in [1.54, 1.807) is 0 Å². The number of aliphatic hydroxyl groups excluding tert-OH is 4. The van der Waals surface area contributed by atoms with Crippen molar-refractivity contribution in [2.45, 2.75) is 78.8 Å². The van der Waals surface area contributed by atoms with Gasteiger partial charge in [-0.3, -0.25) is 9.59 Å². The van der Waals surface area contributed by atoms with Crippen LogP contribution in [0.15, 0.2) is 24.3 Å². The first-order valence-corrected chi connectivity index (χ1v) is 10.8. The molecule has 0 bridgehead atoms. The van der Waals surface area contributed by atoms with E-state index in [0.29, 0.717) is 0 Å². The van der Waals surface area contributed by atoms with Crippen LogP contribution in [0.4, 0.5) is 0 Å². The van der Waals surface area contributed by atoms with Crippen molar-refractivity contribution in [3.8, 4) is 0 Å². The highest BCUT2D eigenvalue weighted by atomic mass is 16.3. The van der Waals surface area contributed by atoms with Crippen LogP contribution in [0.3, 0.4) is 0 Å². The monoisotopic (exact) mass is 442 g/mol. The standard InChI is InChI=1S/C26H34O6/c1-13-7-17(5)19(9-15(13)3)11-21(27)23(29)25(31)26(32)24(30)22(28)12-20-10-16(4)14(2)8-18(20)6/h7-10,21-24,27-30H,11-12H2,1-6H3/t21?,22?,23-,24+. The van der Waals surface area contributed by atoms with Crippen LogP contribution in [0.5, 0.6) is 0 Å². The molecule has 0 aliphatic heterocycles. The lowest BCUT2D eigenvalue weighted by atomic mass is 9.91. The normalized spacial score (nSPS) is 15.2. The molecule has 4 N–H and O–H groups in total. The molecule has 6 nitrogen and oxygen atoms in total. The molecule has 2 aromatic carbocycles. The Kier molecular flexibility index (Phi) is 8.48. The SMILES string of the molecule is Cc1cc(C)c(CC(O)[C@H](O)C(=O)C(=O)[C@H](O)C(O)Cc2cc(C)c(C)cc2C)cc1C. The first-order valence-electron chi connectivity index (χ1n) is 10.8. The summed E-state index contributed by atoms with van der Waals surface area (Å²) in [6, 6.07) is 7.64. The lowest BCUT2D eigenvalue weighted by molar-refractivity contribution is -0.152. The van der Waals surface area contributed by atoms with Crippen molar-refractivity contribution in [3.05, 3.63) is 68.8 Å². The van der Waals surface area contributed by atoms with Gasteiger partial charge in [0.05, 0.1) is 12.2 Å². The van der Waals surface area contributed by atoms with Crippen molar-refractivity contribution in [2.75, 3.05) is 0 Å². The Balaban J connectivity index is 2.07. The molecular weight excluding hydrogens is 408 g/mol. The van der Waals surface area contributed by atoms with Crippen LogP contribution in [-0.2, 0) is 22.4 Å². The van der Waals surface area contributed by atoms with Crippen LogP contribution in [0.25, 0.3) is 0 Å². The maximum atomic E-state index is 12.4. The molecule has 2 rings (SSSR count). The third-order valence-corrected chi connectivity index (χ3v) is 6.27. The van der Waals surface area contributed by atoms with Gasteiger partial charge in [-0.2, -0.15) is 0 Å². The largest absolute Gasteiger partial charge is 0.390 e. The van der Waals surface area contributed by atoms with Crippen molar-refractivity contribution >= 4 is 11.6 Å². The number of ketones is 2. The molecule has 0 fully saturated rings. The van der Waals surface area contributed by atoms with E-state index >= 15 is 0 Å². The molecule has 0 aliphatic carbocycles. The third kappa shape index (κ3) is 5.90. The molecule has 0 amide bonds. The molecule has 6 heteroatoms. The van der Waals surface area contributed by atoms with Crippen molar-refractivity contribution in [3.63, 3.8) is 0 Å². The second kappa shape index (κ2) is 10.5. The summed E-state index contributed by atoms with van der Waals surface area (Å²) in [5.74, 6) is -2.63. The molecule has 2 unspecified atom stereocenters. The van der Waals surface area contributed by atoms with Gasteiger partial charge in [0.1, 0.15) is 12.2 Å². The van der Waals surface area contributed by atoms with Crippen LogP contribution in [0, 0.1) is 41.5 Å². The molecule has 0 saturated heterocycles. The fourth-order valence-corrected chi connectivity index (χ4v) is 3.80. The maximum absolute atomic E-state index is 12.4. The Morgan fingerprint density at radius 1 is 0.562 bits per heavy atom. The zero-order chi connectivity index (χ0) is 24.3. The van der Waals surface area contributed by atoms with E-state index in [-0.39, 0.29) is 12.8 Å². The Morgan fingerprint density at radius 3 is 1.16 bits per heavy atom. The number of hydrogen-bond acceptors (Lipinski definition) is 6. The summed E-state index contributed by atoms with van der Waals surface area (Å²) >= 11 is 0. The van der Waals surface area contributed by atoms with E-state index in [4.69, 9.17) is 0 Å². The van der Waals surface area contributed by atoms with E-state index in [1.165, 1.54) is 0 Å². The van der Waals surface area contributed by atoms with Crippen molar-refractivity contribution in [2.24, 2.45) is 0 Å². The molecule has 0 spiro atoms. The van der Waals surface area contributed by atoms with Gasteiger partial charge in [0.15, 0.2) is 0 Å². The summed E-state index contributed by atoms with van der Waals surface area (Å²) in [7, 11) is 0. The molecule has 0 heterocycles. The molecule has 0 aliphatic rings. The van der Waals surface area contributed by atoms with Gasteiger partial charge in [-0.05, 0) is 86.1 Å². The van der Waals surface area contributed by atoms with Gasteiger partial charge < -0.3 is 20.4 Å². The topological polar surface area (TPSA) is 115 Å². The third-order valence-electron chi connectivity index (χ3n) is 6.27. The van der Waals surface area contributed by atoms with Gasteiger partial charge >= 0.3 is 0 Å². The van der Waals surface area contributed by atoms with Gasteiger partial charge in [-0.15, -0.1) is 0 Å². The highest BCUT2D eigenvalue weighted by Gasteiger charge is 2.36. The predicted octanol–water partition coefficient (Wildman–Crippen LogP) is 1.90. The van der Waals surface area contributed by atoms with E-state index in [1.807, 2.05) is 65.8 Å². The summed E-state index contributed by atoms with van der Waals surface area (Å²) in [4.78, 5) is 24.8. The molecule has 0 radical (unpaired) electrons. The number of aryl methyl sites for hydroxylation is 6. The number of aliphatic hydroxyl groups is 4. The predicted molar refractivity (Wildman–Crippen MR) is 123 cm³/mol. The maximum Gasteiger partial charge on any atom is 0.232 e. The number of carbonyl (C=O) groups excluding carboxylic acids is 2. The molecule has 174 valence electrons. The van der Waals surface area contributed by atoms with Crippen LogP contribution in [-0.4, -0.2) is 56.4 Å². The quantitative estimate of drug-likeness (QED) is 0.441. The number of hydrogen-bond donors (Lipinski definition) is 4. The average Bonchev–Trinajstić information content (AvgIpc) is 2.73. The second-order valence-electron chi connectivity index (χ2n) is 8.89. The Bertz CT molecular complexity index is 928. The van der Waals surface area contributed by atoms with Gasteiger partial charge in [0, 0.05) is 12.8 Å². The van der Waals surface area contributed by atoms with Gasteiger partial charge in [0.25, 0.3) is 0 Å². The summed E-state index contributed by atoms with van der Waals surface area (Å²) in [5, 5.41) is 41.2. The van der Waals surface area contributed by atoms with E-state index < -0.39 is 36.0 Å². The van der Waals surface area contributed by atoms with Gasteiger partial charge in [0.2, 0.25) is 11.6 Å². The highest BCUT2D eigenvalue weighted by Crippen LogP contribution is 2.20. The van der Waals surface area contributed by atoms with E-state index in [2.05, 4.69) is 0 Å². The lowest BCUT2D eigenvalue weighted by Crippen LogP contribution is -2.47. The van der Waals surface area contributed by atoms with Crippen LogP contribution >= 0.6 is 0 Å². The van der Waals surface area contributed by atoms with Gasteiger partial charge in [-0.25, -0.2) is 0 Å². The van der Waals surface area contributed by atoms with Crippen LogP contribution in [0.2, 0.25) is 0 Å².